The Morgan fingerprint density at radius 1 is 1.64 bits per heavy atom. The molecule has 1 radical (unpaired) electrons. The molecule has 0 heterocycles. The van der Waals surface area contributed by atoms with Crippen molar-refractivity contribution in [2.24, 2.45) is 5.92 Å². The maximum absolute atomic E-state index is 10.6. The van der Waals surface area contributed by atoms with Crippen molar-refractivity contribution >= 4 is 5.97 Å². The van der Waals surface area contributed by atoms with Crippen molar-refractivity contribution in [1.82, 2.24) is 0 Å². The topological polar surface area (TPSA) is 26.3 Å². The molecule has 65 valence electrons. The van der Waals surface area contributed by atoms with E-state index >= 15 is 0 Å². The van der Waals surface area contributed by atoms with Gasteiger partial charge in [-0.05, 0) is 12.3 Å². The largest absolute Gasteiger partial charge is 0.465 e. The molecule has 0 bridgehead atoms. The Morgan fingerprint density at radius 2 is 2.27 bits per heavy atom. The minimum Gasteiger partial charge on any atom is -0.465 e. The molecule has 1 atom stereocenters. The predicted octanol–water partition coefficient (Wildman–Crippen LogP) is 2.19. The van der Waals surface area contributed by atoms with Gasteiger partial charge in [-0.15, -0.1) is 0 Å². The van der Waals surface area contributed by atoms with Gasteiger partial charge in [0.2, 0.25) is 0 Å². The van der Waals surface area contributed by atoms with Gasteiger partial charge >= 0.3 is 5.97 Å². The first-order chi connectivity index (χ1) is 5.20. The van der Waals surface area contributed by atoms with Gasteiger partial charge in [0.05, 0.1) is 13.0 Å². The standard InChI is InChI=1S/C9H17O2/c1-4-8(3)6-7-11-9(10)5-2/h5,8H,4,6-7H2,1-3H3. The zero-order chi connectivity index (χ0) is 8.69. The van der Waals surface area contributed by atoms with Crippen molar-refractivity contribution in [3.8, 4) is 0 Å². The molecule has 0 rings (SSSR count). The highest BCUT2D eigenvalue weighted by atomic mass is 16.5. The Hall–Kier alpha value is -0.530. The summed E-state index contributed by atoms with van der Waals surface area (Å²) in [6.45, 7) is 6.53. The second-order valence-corrected chi connectivity index (χ2v) is 2.76. The monoisotopic (exact) mass is 157 g/mol. The molecule has 0 saturated heterocycles. The summed E-state index contributed by atoms with van der Waals surface area (Å²) < 4.78 is 4.87. The zero-order valence-corrected chi connectivity index (χ0v) is 7.59. The fraction of sp³-hybridized carbons (Fsp3) is 0.778. The molecule has 0 aromatic carbocycles. The van der Waals surface area contributed by atoms with Gasteiger partial charge in [0.25, 0.3) is 0 Å². The Labute approximate surface area is 68.9 Å². The molecule has 2 nitrogen and oxygen atoms in total. The van der Waals surface area contributed by atoms with E-state index in [0.29, 0.717) is 12.5 Å². The first-order valence-corrected chi connectivity index (χ1v) is 4.16. The highest BCUT2D eigenvalue weighted by Gasteiger charge is 2.01. The van der Waals surface area contributed by atoms with Crippen molar-refractivity contribution in [3.05, 3.63) is 6.42 Å². The van der Waals surface area contributed by atoms with Crippen LogP contribution in [-0.2, 0) is 9.53 Å². The van der Waals surface area contributed by atoms with Crippen molar-refractivity contribution in [2.75, 3.05) is 6.61 Å². The van der Waals surface area contributed by atoms with Crippen molar-refractivity contribution in [1.29, 1.82) is 0 Å². The number of rotatable bonds is 5. The second kappa shape index (κ2) is 6.20. The van der Waals surface area contributed by atoms with Crippen LogP contribution in [0.1, 0.15) is 33.6 Å². The first kappa shape index (κ1) is 10.5. The minimum atomic E-state index is -0.215. The molecule has 0 N–H and O–H groups in total. The van der Waals surface area contributed by atoms with Gasteiger partial charge in [-0.1, -0.05) is 27.2 Å². The number of ether oxygens (including phenoxy) is 1. The normalized spacial score (nSPS) is 12.6. The van der Waals surface area contributed by atoms with Crippen molar-refractivity contribution in [2.45, 2.75) is 33.6 Å². The van der Waals surface area contributed by atoms with E-state index in [1.165, 1.54) is 6.42 Å². The summed E-state index contributed by atoms with van der Waals surface area (Å²) in [5.74, 6) is 0.438. The lowest BCUT2D eigenvalue weighted by molar-refractivity contribution is -0.139. The van der Waals surface area contributed by atoms with Crippen LogP contribution in [0.4, 0.5) is 0 Å². The van der Waals surface area contributed by atoms with Gasteiger partial charge < -0.3 is 4.74 Å². The molecule has 0 aromatic heterocycles. The molecular weight excluding hydrogens is 140 g/mol. The van der Waals surface area contributed by atoms with Gasteiger partial charge in [-0.2, -0.15) is 0 Å². The average molecular weight is 157 g/mol. The number of carbonyl (C=O) groups is 1. The summed E-state index contributed by atoms with van der Waals surface area (Å²) in [6, 6.07) is 0. The molecule has 0 fully saturated rings. The summed E-state index contributed by atoms with van der Waals surface area (Å²) in [6.07, 6.45) is 3.56. The SMILES string of the molecule is C[CH]C(=O)OCCC(C)CC. The number of carbonyl (C=O) groups excluding carboxylic acids is 1. The number of hydrogen-bond donors (Lipinski definition) is 0. The molecule has 2 heteroatoms. The third kappa shape index (κ3) is 5.89. The Kier molecular flexibility index (Phi) is 5.90. The number of hydrogen-bond acceptors (Lipinski definition) is 2. The lowest BCUT2D eigenvalue weighted by atomic mass is 10.1. The van der Waals surface area contributed by atoms with E-state index in [2.05, 4.69) is 13.8 Å². The van der Waals surface area contributed by atoms with E-state index in [1.54, 1.807) is 6.92 Å². The average Bonchev–Trinajstić information content (AvgIpc) is 2.04. The molecular formula is C9H17O2. The van der Waals surface area contributed by atoms with Crippen LogP contribution in [0, 0.1) is 12.3 Å². The maximum atomic E-state index is 10.6. The summed E-state index contributed by atoms with van der Waals surface area (Å²) in [7, 11) is 0. The molecule has 0 spiro atoms. The van der Waals surface area contributed by atoms with Gasteiger partial charge in [-0.3, -0.25) is 4.79 Å². The van der Waals surface area contributed by atoms with Crippen LogP contribution in [0.15, 0.2) is 0 Å². The molecule has 0 aliphatic rings. The van der Waals surface area contributed by atoms with Gasteiger partial charge in [0.1, 0.15) is 0 Å². The predicted molar refractivity (Wildman–Crippen MR) is 45.0 cm³/mol. The van der Waals surface area contributed by atoms with Crippen molar-refractivity contribution < 1.29 is 9.53 Å². The number of esters is 1. The fourth-order valence-electron chi connectivity index (χ4n) is 0.648. The van der Waals surface area contributed by atoms with E-state index in [1.807, 2.05) is 0 Å². The van der Waals surface area contributed by atoms with E-state index in [0.717, 1.165) is 12.8 Å². The third-order valence-electron chi connectivity index (χ3n) is 1.79. The van der Waals surface area contributed by atoms with Crippen LogP contribution in [-0.4, -0.2) is 12.6 Å². The lowest BCUT2D eigenvalue weighted by Gasteiger charge is -2.07. The molecule has 0 aliphatic heterocycles. The molecule has 1 unspecified atom stereocenters. The van der Waals surface area contributed by atoms with Crippen LogP contribution in [0.3, 0.4) is 0 Å². The van der Waals surface area contributed by atoms with Crippen LogP contribution >= 0.6 is 0 Å². The van der Waals surface area contributed by atoms with Gasteiger partial charge in [-0.25, -0.2) is 0 Å². The highest BCUT2D eigenvalue weighted by Crippen LogP contribution is 2.05. The Bertz CT molecular complexity index is 110. The van der Waals surface area contributed by atoms with Crippen molar-refractivity contribution in [3.63, 3.8) is 0 Å². The van der Waals surface area contributed by atoms with Gasteiger partial charge in [0, 0.05) is 0 Å². The summed E-state index contributed by atoms with van der Waals surface area (Å²) >= 11 is 0. The highest BCUT2D eigenvalue weighted by molar-refractivity contribution is 5.78. The van der Waals surface area contributed by atoms with E-state index < -0.39 is 0 Å². The molecule has 0 amide bonds. The molecule has 0 aromatic rings. The zero-order valence-electron chi connectivity index (χ0n) is 7.59. The lowest BCUT2D eigenvalue weighted by Crippen LogP contribution is -2.07. The first-order valence-electron chi connectivity index (χ1n) is 4.16. The van der Waals surface area contributed by atoms with Gasteiger partial charge in [0.15, 0.2) is 0 Å². The molecule has 11 heavy (non-hydrogen) atoms. The summed E-state index contributed by atoms with van der Waals surface area (Å²) in [5, 5.41) is 0. The van der Waals surface area contributed by atoms with E-state index in [-0.39, 0.29) is 5.97 Å². The Balaban J connectivity index is 3.20. The molecule has 0 saturated carbocycles. The van der Waals surface area contributed by atoms with Crippen LogP contribution in [0.5, 0.6) is 0 Å². The second-order valence-electron chi connectivity index (χ2n) is 2.76. The molecule has 0 aliphatic carbocycles. The van der Waals surface area contributed by atoms with Crippen LogP contribution in [0.25, 0.3) is 0 Å². The third-order valence-corrected chi connectivity index (χ3v) is 1.79. The van der Waals surface area contributed by atoms with E-state index in [9.17, 15) is 4.79 Å². The summed E-state index contributed by atoms with van der Waals surface area (Å²) in [5.41, 5.74) is 0. The minimum absolute atomic E-state index is 0.215. The quantitative estimate of drug-likeness (QED) is 0.572. The maximum Gasteiger partial charge on any atom is 0.309 e. The van der Waals surface area contributed by atoms with E-state index in [4.69, 9.17) is 4.74 Å². The Morgan fingerprint density at radius 3 is 2.73 bits per heavy atom. The smallest absolute Gasteiger partial charge is 0.309 e. The summed E-state index contributed by atoms with van der Waals surface area (Å²) in [4.78, 5) is 10.6. The fourth-order valence-corrected chi connectivity index (χ4v) is 0.648. The van der Waals surface area contributed by atoms with Crippen LogP contribution in [0.2, 0.25) is 0 Å². The van der Waals surface area contributed by atoms with Crippen LogP contribution < -0.4 is 0 Å².